The fourth-order valence-electron chi connectivity index (χ4n) is 2.80. The zero-order valence-corrected chi connectivity index (χ0v) is 15.7. The van der Waals surface area contributed by atoms with E-state index in [1.165, 1.54) is 0 Å². The molecule has 1 amide bonds. The zero-order valence-electron chi connectivity index (χ0n) is 15.7. The molecule has 1 heterocycles. The number of nitrogens with one attached hydrogen (secondary N) is 2. The van der Waals surface area contributed by atoms with Crippen molar-refractivity contribution in [2.75, 3.05) is 17.7 Å². The normalized spacial score (nSPS) is 10.3. The summed E-state index contributed by atoms with van der Waals surface area (Å²) in [6.45, 7) is 4.08. The molecular weight excluding hydrogens is 338 g/mol. The Morgan fingerprint density at radius 3 is 2.59 bits per heavy atom. The Kier molecular flexibility index (Phi) is 5.71. The molecule has 2 aromatic carbocycles. The number of amides is 1. The van der Waals surface area contributed by atoms with E-state index in [-0.39, 0.29) is 5.91 Å². The summed E-state index contributed by atoms with van der Waals surface area (Å²) >= 11 is 0. The Morgan fingerprint density at radius 1 is 1.07 bits per heavy atom. The fourth-order valence-corrected chi connectivity index (χ4v) is 2.80. The van der Waals surface area contributed by atoms with Crippen LogP contribution in [0.4, 0.5) is 17.2 Å². The molecule has 1 aromatic heterocycles. The van der Waals surface area contributed by atoms with Gasteiger partial charge in [0, 0.05) is 11.9 Å². The Labute approximate surface area is 159 Å². The molecule has 0 saturated carbocycles. The third-order valence-corrected chi connectivity index (χ3v) is 4.29. The van der Waals surface area contributed by atoms with Crippen molar-refractivity contribution in [1.82, 2.24) is 4.98 Å². The van der Waals surface area contributed by atoms with Crippen LogP contribution in [0.5, 0.6) is 5.75 Å². The van der Waals surface area contributed by atoms with Crippen molar-refractivity contribution in [2.45, 2.75) is 20.3 Å². The van der Waals surface area contributed by atoms with Gasteiger partial charge < -0.3 is 15.4 Å². The van der Waals surface area contributed by atoms with Crippen molar-refractivity contribution >= 4 is 23.1 Å². The molecule has 2 N–H and O–H groups in total. The van der Waals surface area contributed by atoms with E-state index in [9.17, 15) is 4.79 Å². The van der Waals surface area contributed by atoms with Crippen molar-refractivity contribution in [2.24, 2.45) is 0 Å². The lowest BCUT2D eigenvalue weighted by Crippen LogP contribution is -2.13. The van der Waals surface area contributed by atoms with Gasteiger partial charge in [0.2, 0.25) is 0 Å². The van der Waals surface area contributed by atoms with Crippen LogP contribution in [0.1, 0.15) is 28.4 Å². The Morgan fingerprint density at radius 2 is 1.89 bits per heavy atom. The Bertz CT molecular complexity index is 937. The van der Waals surface area contributed by atoms with Gasteiger partial charge >= 0.3 is 0 Å². The second kappa shape index (κ2) is 8.36. The standard InChI is InChI=1S/C22H23N3O2/c1-4-16-7-5-6-8-18(16)25-22(26)17-10-12-21(23-14-17)24-19-13-15(2)9-11-20(19)27-3/h5-14H,4H2,1-3H3,(H,23,24)(H,25,26). The fraction of sp³-hybridized carbons (Fsp3) is 0.182. The lowest BCUT2D eigenvalue weighted by molar-refractivity contribution is 0.102. The average Bonchev–Trinajstić information content (AvgIpc) is 2.69. The molecule has 0 aliphatic carbocycles. The Hall–Kier alpha value is -3.34. The maximum atomic E-state index is 12.5. The minimum absolute atomic E-state index is 0.178. The van der Waals surface area contributed by atoms with Gasteiger partial charge in [0.25, 0.3) is 5.91 Å². The van der Waals surface area contributed by atoms with E-state index in [0.29, 0.717) is 11.4 Å². The number of carbonyl (C=O) groups is 1. The van der Waals surface area contributed by atoms with Crippen molar-refractivity contribution in [1.29, 1.82) is 0 Å². The quantitative estimate of drug-likeness (QED) is 0.651. The van der Waals surface area contributed by atoms with Gasteiger partial charge in [0.05, 0.1) is 18.4 Å². The highest BCUT2D eigenvalue weighted by Gasteiger charge is 2.10. The van der Waals surface area contributed by atoms with Crippen molar-refractivity contribution in [3.8, 4) is 5.75 Å². The van der Waals surface area contributed by atoms with Gasteiger partial charge in [-0.1, -0.05) is 31.2 Å². The second-order valence-corrected chi connectivity index (χ2v) is 6.23. The number of methoxy groups -OCH3 is 1. The predicted molar refractivity (Wildman–Crippen MR) is 109 cm³/mol. The molecular formula is C22H23N3O2. The third-order valence-electron chi connectivity index (χ3n) is 4.29. The summed E-state index contributed by atoms with van der Waals surface area (Å²) in [5, 5.41) is 6.18. The zero-order chi connectivity index (χ0) is 19.2. The SMILES string of the molecule is CCc1ccccc1NC(=O)c1ccc(Nc2cc(C)ccc2OC)nc1. The number of aromatic nitrogens is 1. The van der Waals surface area contributed by atoms with Crippen molar-refractivity contribution in [3.63, 3.8) is 0 Å². The highest BCUT2D eigenvalue weighted by atomic mass is 16.5. The first-order chi connectivity index (χ1) is 13.1. The van der Waals surface area contributed by atoms with Crippen molar-refractivity contribution < 1.29 is 9.53 Å². The van der Waals surface area contributed by atoms with Gasteiger partial charge in [0.1, 0.15) is 11.6 Å². The smallest absolute Gasteiger partial charge is 0.257 e. The van der Waals surface area contributed by atoms with Crippen LogP contribution in [0, 0.1) is 6.92 Å². The predicted octanol–water partition coefficient (Wildman–Crippen LogP) is 4.96. The van der Waals surface area contributed by atoms with Crippen LogP contribution < -0.4 is 15.4 Å². The minimum atomic E-state index is -0.178. The van der Waals surface area contributed by atoms with Gasteiger partial charge in [0.15, 0.2) is 0 Å². The third kappa shape index (κ3) is 4.44. The van der Waals surface area contributed by atoms with Crippen LogP contribution in [0.25, 0.3) is 0 Å². The molecule has 0 spiro atoms. The molecule has 0 saturated heterocycles. The van der Waals surface area contributed by atoms with Gasteiger partial charge in [-0.2, -0.15) is 0 Å². The molecule has 138 valence electrons. The molecule has 0 fully saturated rings. The number of carbonyl (C=O) groups excluding carboxylic acids is 1. The monoisotopic (exact) mass is 361 g/mol. The van der Waals surface area contributed by atoms with Crippen LogP contribution in [0.15, 0.2) is 60.8 Å². The van der Waals surface area contributed by atoms with E-state index in [1.807, 2.05) is 49.4 Å². The van der Waals surface area contributed by atoms with E-state index in [2.05, 4.69) is 22.5 Å². The number of anilines is 3. The van der Waals surface area contributed by atoms with E-state index in [1.54, 1.807) is 25.4 Å². The molecule has 3 aromatic rings. The van der Waals surface area contributed by atoms with Gasteiger partial charge in [-0.15, -0.1) is 0 Å². The summed E-state index contributed by atoms with van der Waals surface area (Å²) in [6.07, 6.45) is 2.42. The first-order valence-corrected chi connectivity index (χ1v) is 8.87. The van der Waals surface area contributed by atoms with Gasteiger partial charge in [-0.25, -0.2) is 4.98 Å². The topological polar surface area (TPSA) is 63.2 Å². The van der Waals surface area contributed by atoms with Crippen LogP contribution in [-0.2, 0) is 6.42 Å². The van der Waals surface area contributed by atoms with E-state index >= 15 is 0 Å². The summed E-state index contributed by atoms with van der Waals surface area (Å²) in [4.78, 5) is 16.9. The van der Waals surface area contributed by atoms with E-state index < -0.39 is 0 Å². The molecule has 0 bridgehead atoms. The molecule has 0 atom stereocenters. The van der Waals surface area contributed by atoms with Crippen LogP contribution in [-0.4, -0.2) is 18.0 Å². The lowest BCUT2D eigenvalue weighted by atomic mass is 10.1. The summed E-state index contributed by atoms with van der Waals surface area (Å²) in [7, 11) is 1.63. The highest BCUT2D eigenvalue weighted by molar-refractivity contribution is 6.04. The largest absolute Gasteiger partial charge is 0.495 e. The molecule has 0 unspecified atom stereocenters. The molecule has 3 rings (SSSR count). The van der Waals surface area contributed by atoms with Crippen LogP contribution >= 0.6 is 0 Å². The number of pyridine rings is 1. The summed E-state index contributed by atoms with van der Waals surface area (Å²) in [5.74, 6) is 1.20. The molecule has 0 radical (unpaired) electrons. The maximum absolute atomic E-state index is 12.5. The first kappa shape index (κ1) is 18.5. The number of hydrogen-bond donors (Lipinski definition) is 2. The number of benzene rings is 2. The lowest BCUT2D eigenvalue weighted by Gasteiger charge is -2.12. The number of hydrogen-bond acceptors (Lipinski definition) is 4. The molecule has 0 aliphatic rings. The highest BCUT2D eigenvalue weighted by Crippen LogP contribution is 2.28. The average molecular weight is 361 g/mol. The summed E-state index contributed by atoms with van der Waals surface area (Å²) < 4.78 is 5.37. The van der Waals surface area contributed by atoms with Crippen molar-refractivity contribution in [3.05, 3.63) is 77.5 Å². The number of rotatable bonds is 6. The molecule has 27 heavy (non-hydrogen) atoms. The first-order valence-electron chi connectivity index (χ1n) is 8.87. The molecule has 0 aliphatic heterocycles. The number of aryl methyl sites for hydroxylation is 2. The number of para-hydroxylation sites is 1. The van der Waals surface area contributed by atoms with E-state index in [0.717, 1.165) is 34.7 Å². The number of nitrogens with zero attached hydrogens (tertiary/aromatic N) is 1. The molecule has 5 heteroatoms. The summed E-state index contributed by atoms with van der Waals surface area (Å²) in [6, 6.07) is 17.2. The van der Waals surface area contributed by atoms with Crippen LogP contribution in [0.3, 0.4) is 0 Å². The Balaban J connectivity index is 1.73. The number of ether oxygens (including phenoxy) is 1. The van der Waals surface area contributed by atoms with Crippen LogP contribution in [0.2, 0.25) is 0 Å². The molecule has 5 nitrogen and oxygen atoms in total. The van der Waals surface area contributed by atoms with Gasteiger partial charge in [-0.05, 0) is 54.8 Å². The second-order valence-electron chi connectivity index (χ2n) is 6.23. The van der Waals surface area contributed by atoms with E-state index in [4.69, 9.17) is 4.74 Å². The summed E-state index contributed by atoms with van der Waals surface area (Å²) in [5.41, 5.74) is 4.38. The maximum Gasteiger partial charge on any atom is 0.257 e. The minimum Gasteiger partial charge on any atom is -0.495 e. The van der Waals surface area contributed by atoms with Gasteiger partial charge in [-0.3, -0.25) is 4.79 Å².